The van der Waals surface area contributed by atoms with Gasteiger partial charge in [0.05, 0.1) is 0 Å². The van der Waals surface area contributed by atoms with Crippen LogP contribution in [0.1, 0.15) is 13.3 Å². The lowest BCUT2D eigenvalue weighted by atomic mass is 10.0. The van der Waals surface area contributed by atoms with Gasteiger partial charge >= 0.3 is 18.2 Å². The Morgan fingerprint density at radius 1 is 1.20 bits per heavy atom. The quantitative estimate of drug-likeness (QED) is 0.674. The number of carboxylic acids is 1. The number of hydrogen-bond acceptors (Lipinski definition) is 3. The summed E-state index contributed by atoms with van der Waals surface area (Å²) in [6.07, 6.45) is -5.27. The maximum absolute atomic E-state index is 12.6. The van der Waals surface area contributed by atoms with Gasteiger partial charge in [0.1, 0.15) is 0 Å². The van der Waals surface area contributed by atoms with Gasteiger partial charge < -0.3 is 20.6 Å². The third-order valence-electron chi connectivity index (χ3n) is 2.48. The van der Waals surface area contributed by atoms with Crippen LogP contribution >= 0.6 is 0 Å². The van der Waals surface area contributed by atoms with Crippen LogP contribution in [0.3, 0.4) is 0 Å². The Morgan fingerprint density at radius 2 is 1.70 bits per heavy atom. The summed E-state index contributed by atoms with van der Waals surface area (Å²) in [5.41, 5.74) is -3.40. The van der Waals surface area contributed by atoms with Crippen molar-refractivity contribution in [2.24, 2.45) is 0 Å². The molecule has 1 unspecified atom stereocenters. The molecule has 1 atom stereocenters. The van der Waals surface area contributed by atoms with Crippen LogP contribution in [0.4, 0.5) is 18.0 Å². The van der Waals surface area contributed by atoms with E-state index in [9.17, 15) is 27.6 Å². The molecule has 0 spiro atoms. The predicted molar refractivity (Wildman–Crippen MR) is 61.9 cm³/mol. The predicted octanol–water partition coefficient (Wildman–Crippen LogP) is 0.170. The lowest BCUT2D eigenvalue weighted by Crippen LogP contribution is -2.63. The molecule has 20 heavy (non-hydrogen) atoms. The van der Waals surface area contributed by atoms with Crippen molar-refractivity contribution in [1.29, 1.82) is 0 Å². The van der Waals surface area contributed by atoms with Gasteiger partial charge in [0.15, 0.2) is 0 Å². The Labute approximate surface area is 113 Å². The number of nitrogens with one attached hydrogen (secondary N) is 2. The summed E-state index contributed by atoms with van der Waals surface area (Å²) < 4.78 is 37.8. The van der Waals surface area contributed by atoms with E-state index in [0.29, 0.717) is 6.92 Å². The molecule has 116 valence electrons. The minimum Gasteiger partial charge on any atom is -0.479 e. The molecule has 0 aliphatic carbocycles. The third-order valence-corrected chi connectivity index (χ3v) is 2.48. The molecule has 0 bridgehead atoms. The Kier molecular flexibility index (Phi) is 5.79. The number of aliphatic carboxylic acids is 1. The molecule has 0 aromatic heterocycles. The number of carbonyl (C=O) groups excluding carboxylic acids is 2. The molecule has 0 radical (unpaired) electrons. The molecule has 7 nitrogen and oxygen atoms in total. The number of hydrogen-bond donors (Lipinski definition) is 3. The van der Waals surface area contributed by atoms with Gasteiger partial charge in [-0.05, 0) is 6.92 Å². The fourth-order valence-electron chi connectivity index (χ4n) is 1.02. The second-order valence-corrected chi connectivity index (χ2v) is 4.35. The van der Waals surface area contributed by atoms with Gasteiger partial charge in [0.2, 0.25) is 11.4 Å². The van der Waals surface area contributed by atoms with E-state index in [1.54, 1.807) is 0 Å². The van der Waals surface area contributed by atoms with Crippen molar-refractivity contribution in [3.05, 3.63) is 0 Å². The molecular weight excluding hydrogens is 283 g/mol. The molecule has 0 saturated carbocycles. The lowest BCUT2D eigenvalue weighted by molar-refractivity contribution is -0.203. The molecule has 0 heterocycles. The van der Waals surface area contributed by atoms with Gasteiger partial charge in [-0.25, -0.2) is 9.59 Å². The number of urea groups is 1. The number of carboxylic acid groups (broad SMARTS) is 1. The van der Waals surface area contributed by atoms with Gasteiger partial charge in [-0.15, -0.1) is 0 Å². The molecule has 3 amide bonds. The lowest BCUT2D eigenvalue weighted by Gasteiger charge is -2.28. The van der Waals surface area contributed by atoms with Crippen molar-refractivity contribution in [1.82, 2.24) is 15.5 Å². The number of halogens is 3. The zero-order valence-electron chi connectivity index (χ0n) is 11.2. The van der Waals surface area contributed by atoms with Gasteiger partial charge in [-0.2, -0.15) is 13.2 Å². The van der Waals surface area contributed by atoms with E-state index in [1.165, 1.54) is 24.3 Å². The van der Waals surface area contributed by atoms with Gasteiger partial charge in [0.25, 0.3) is 0 Å². The first-order chi connectivity index (χ1) is 8.91. The molecule has 0 aromatic carbocycles. The minimum absolute atomic E-state index is 0.115. The van der Waals surface area contributed by atoms with Crippen molar-refractivity contribution in [3.8, 4) is 0 Å². The summed E-state index contributed by atoms with van der Waals surface area (Å²) in [4.78, 5) is 34.3. The second kappa shape index (κ2) is 6.44. The van der Waals surface area contributed by atoms with E-state index in [4.69, 9.17) is 5.11 Å². The highest BCUT2D eigenvalue weighted by Crippen LogP contribution is 2.30. The van der Waals surface area contributed by atoms with Gasteiger partial charge in [0, 0.05) is 27.1 Å². The van der Waals surface area contributed by atoms with Crippen LogP contribution in [-0.4, -0.2) is 60.3 Å². The molecule has 0 aliphatic heterocycles. The maximum Gasteiger partial charge on any atom is 0.422 e. The summed E-state index contributed by atoms with van der Waals surface area (Å²) >= 11 is 0. The number of rotatable bonds is 5. The van der Waals surface area contributed by atoms with Crippen molar-refractivity contribution in [2.75, 3.05) is 20.6 Å². The molecule has 0 aromatic rings. The average molecular weight is 299 g/mol. The SMILES string of the molecule is CN(C)C(=O)CCNC(=O)NC(C)(C(=O)O)C(F)(F)F. The Morgan fingerprint density at radius 3 is 2.05 bits per heavy atom. The van der Waals surface area contributed by atoms with Crippen LogP contribution in [0.25, 0.3) is 0 Å². The average Bonchev–Trinajstić information content (AvgIpc) is 2.26. The zero-order valence-corrected chi connectivity index (χ0v) is 11.2. The highest BCUT2D eigenvalue weighted by molar-refractivity contribution is 5.87. The van der Waals surface area contributed by atoms with E-state index < -0.39 is 23.7 Å². The normalized spacial score (nSPS) is 14.1. The van der Waals surface area contributed by atoms with Crippen LogP contribution in [0.15, 0.2) is 0 Å². The topological polar surface area (TPSA) is 98.7 Å². The number of nitrogens with zero attached hydrogens (tertiary/aromatic N) is 1. The Balaban J connectivity index is 4.52. The fourth-order valence-corrected chi connectivity index (χ4v) is 1.02. The van der Waals surface area contributed by atoms with Crippen molar-refractivity contribution in [2.45, 2.75) is 25.1 Å². The smallest absolute Gasteiger partial charge is 0.422 e. The monoisotopic (exact) mass is 299 g/mol. The third kappa shape index (κ3) is 4.59. The van der Waals surface area contributed by atoms with Crippen LogP contribution in [0.2, 0.25) is 0 Å². The van der Waals surface area contributed by atoms with E-state index in [-0.39, 0.29) is 18.9 Å². The maximum atomic E-state index is 12.6. The fraction of sp³-hybridized carbons (Fsp3) is 0.700. The molecule has 0 saturated heterocycles. The van der Waals surface area contributed by atoms with Crippen molar-refractivity contribution < 1.29 is 32.7 Å². The van der Waals surface area contributed by atoms with Gasteiger partial charge in [-0.3, -0.25) is 4.79 Å². The number of alkyl halides is 3. The van der Waals surface area contributed by atoms with E-state index in [1.807, 2.05) is 5.32 Å². The van der Waals surface area contributed by atoms with Gasteiger partial charge in [-0.1, -0.05) is 0 Å². The van der Waals surface area contributed by atoms with E-state index in [2.05, 4.69) is 0 Å². The second-order valence-electron chi connectivity index (χ2n) is 4.35. The molecule has 0 rings (SSSR count). The molecule has 3 N–H and O–H groups in total. The number of amides is 3. The van der Waals surface area contributed by atoms with Crippen LogP contribution in [-0.2, 0) is 9.59 Å². The van der Waals surface area contributed by atoms with Crippen LogP contribution in [0, 0.1) is 0 Å². The van der Waals surface area contributed by atoms with Crippen LogP contribution < -0.4 is 10.6 Å². The summed E-state index contributed by atoms with van der Waals surface area (Å²) in [7, 11) is 2.96. The standard InChI is InChI=1S/C10H16F3N3O4/c1-9(7(18)19,10(11,12)13)15-8(20)14-5-4-6(17)16(2)3/h4-5H2,1-3H3,(H,18,19)(H2,14,15,20). The Bertz CT molecular complexity index is 398. The summed E-state index contributed by atoms with van der Waals surface area (Å²) in [6, 6.07) is -1.32. The van der Waals surface area contributed by atoms with Crippen molar-refractivity contribution in [3.63, 3.8) is 0 Å². The summed E-state index contributed by atoms with van der Waals surface area (Å²) in [5.74, 6) is -2.56. The largest absolute Gasteiger partial charge is 0.479 e. The summed E-state index contributed by atoms with van der Waals surface area (Å²) in [5, 5.41) is 11.9. The first kappa shape index (κ1) is 18.0. The molecule has 0 fully saturated rings. The Hall–Kier alpha value is -2.00. The van der Waals surface area contributed by atoms with E-state index in [0.717, 1.165) is 0 Å². The first-order valence-electron chi connectivity index (χ1n) is 5.48. The highest BCUT2D eigenvalue weighted by Gasteiger charge is 2.58. The zero-order chi connectivity index (χ0) is 16.1. The van der Waals surface area contributed by atoms with Crippen molar-refractivity contribution >= 4 is 17.9 Å². The highest BCUT2D eigenvalue weighted by atomic mass is 19.4. The summed E-state index contributed by atoms with van der Waals surface area (Å²) in [6.45, 7) is 0.121. The molecule has 10 heteroatoms. The number of carbonyl (C=O) groups is 3. The molecular formula is C10H16F3N3O4. The van der Waals surface area contributed by atoms with Crippen LogP contribution in [0.5, 0.6) is 0 Å². The first-order valence-corrected chi connectivity index (χ1v) is 5.48. The van der Waals surface area contributed by atoms with E-state index >= 15 is 0 Å². The minimum atomic E-state index is -5.16. The molecule has 0 aliphatic rings.